The van der Waals surface area contributed by atoms with Gasteiger partial charge in [-0.1, -0.05) is 19.8 Å². The first kappa shape index (κ1) is 22.2. The largest absolute Gasteiger partial charge is 0.445 e. The Morgan fingerprint density at radius 3 is 1.69 bits per heavy atom. The van der Waals surface area contributed by atoms with Crippen molar-refractivity contribution in [3.05, 3.63) is 40.7 Å². The Morgan fingerprint density at radius 1 is 0.793 bits per heavy atom. The van der Waals surface area contributed by atoms with Crippen molar-refractivity contribution in [1.29, 1.82) is 0 Å². The zero-order chi connectivity index (χ0) is 21.3. The van der Waals surface area contributed by atoms with Crippen molar-refractivity contribution < 1.29 is 30.7 Å². The first-order valence-electron chi connectivity index (χ1n) is 10.2. The normalized spacial score (nSPS) is 29.5. The van der Waals surface area contributed by atoms with E-state index in [1.54, 1.807) is 0 Å². The molecular weight excluding hydrogens is 397 g/mol. The molecule has 0 heterocycles. The van der Waals surface area contributed by atoms with E-state index in [-0.39, 0.29) is 5.92 Å². The van der Waals surface area contributed by atoms with Crippen molar-refractivity contribution in [2.75, 3.05) is 0 Å². The zero-order valence-corrected chi connectivity index (χ0v) is 16.3. The third kappa shape index (κ3) is 4.97. The van der Waals surface area contributed by atoms with E-state index in [2.05, 4.69) is 6.92 Å². The Morgan fingerprint density at radius 2 is 1.24 bits per heavy atom. The van der Waals surface area contributed by atoms with Crippen molar-refractivity contribution in [3.8, 4) is 0 Å². The van der Waals surface area contributed by atoms with Crippen LogP contribution in [0.4, 0.5) is 30.7 Å². The molecule has 0 spiro atoms. The molecule has 0 bridgehead atoms. The number of benzene rings is 1. The van der Waals surface area contributed by atoms with Crippen LogP contribution in [0.2, 0.25) is 0 Å². The molecule has 0 N–H and O–H groups in total. The van der Waals surface area contributed by atoms with Gasteiger partial charge in [-0.3, -0.25) is 0 Å². The summed E-state index contributed by atoms with van der Waals surface area (Å²) < 4.78 is 92.2. The predicted octanol–water partition coefficient (Wildman–Crippen LogP) is 8.23. The van der Waals surface area contributed by atoms with Gasteiger partial charge in [-0.15, -0.1) is 0 Å². The first-order chi connectivity index (χ1) is 13.6. The van der Waals surface area contributed by atoms with Crippen LogP contribution in [-0.4, -0.2) is 6.18 Å². The fourth-order valence-electron chi connectivity index (χ4n) is 4.95. The third-order valence-electron chi connectivity index (χ3n) is 6.70. The van der Waals surface area contributed by atoms with Crippen molar-refractivity contribution in [1.82, 2.24) is 0 Å². The van der Waals surface area contributed by atoms with E-state index in [1.807, 2.05) is 0 Å². The van der Waals surface area contributed by atoms with E-state index in [1.165, 1.54) is 25.7 Å². The highest BCUT2D eigenvalue weighted by molar-refractivity contribution is 5.63. The summed E-state index contributed by atoms with van der Waals surface area (Å²) in [5.41, 5.74) is -1.31. The summed E-state index contributed by atoms with van der Waals surface area (Å²) in [4.78, 5) is 0. The average molecular weight is 422 g/mol. The molecule has 0 amide bonds. The first-order valence-corrected chi connectivity index (χ1v) is 10.2. The van der Waals surface area contributed by atoms with Crippen LogP contribution in [0, 0.1) is 29.4 Å². The van der Waals surface area contributed by atoms with E-state index < -0.39 is 35.0 Å². The maximum atomic E-state index is 14.2. The van der Waals surface area contributed by atoms with Gasteiger partial charge in [-0.05, 0) is 79.9 Å². The Hall–Kier alpha value is -1.53. The molecule has 2 saturated carbocycles. The van der Waals surface area contributed by atoms with E-state index in [0.29, 0.717) is 17.4 Å². The second-order valence-corrected chi connectivity index (χ2v) is 8.62. The van der Waals surface area contributed by atoms with Gasteiger partial charge in [-0.25, -0.2) is 13.2 Å². The number of hydrogen-bond acceptors (Lipinski definition) is 0. The SMILES string of the molecule is CC1CCC(C2CCC(c3cc(F)c(/C(F)=C(\F)C(F)(F)F)c(F)c3)CC2)CC1. The third-order valence-corrected chi connectivity index (χ3v) is 6.70. The highest BCUT2D eigenvalue weighted by Gasteiger charge is 2.40. The lowest BCUT2D eigenvalue weighted by atomic mass is 9.68. The molecular formula is C22H25F7. The summed E-state index contributed by atoms with van der Waals surface area (Å²) in [6, 6.07) is 1.68. The second-order valence-electron chi connectivity index (χ2n) is 8.62. The van der Waals surface area contributed by atoms with Crippen LogP contribution in [0.15, 0.2) is 18.0 Å². The molecule has 0 aromatic heterocycles. The van der Waals surface area contributed by atoms with E-state index in [0.717, 1.165) is 43.7 Å². The average Bonchev–Trinajstić information content (AvgIpc) is 2.66. The molecule has 2 aliphatic carbocycles. The molecule has 2 aliphatic rings. The van der Waals surface area contributed by atoms with E-state index in [9.17, 15) is 30.7 Å². The zero-order valence-electron chi connectivity index (χ0n) is 16.3. The Kier molecular flexibility index (Phi) is 6.64. The number of allylic oxidation sites excluding steroid dienone is 1. The van der Waals surface area contributed by atoms with Crippen molar-refractivity contribution in [2.24, 2.45) is 17.8 Å². The molecule has 3 rings (SSSR count). The van der Waals surface area contributed by atoms with Gasteiger partial charge in [0.2, 0.25) is 5.83 Å². The number of hydrogen-bond donors (Lipinski definition) is 0. The molecule has 1 aromatic carbocycles. The number of rotatable bonds is 3. The van der Waals surface area contributed by atoms with Gasteiger partial charge < -0.3 is 0 Å². The van der Waals surface area contributed by atoms with Crippen LogP contribution in [0.5, 0.6) is 0 Å². The molecule has 162 valence electrons. The monoisotopic (exact) mass is 422 g/mol. The van der Waals surface area contributed by atoms with Gasteiger partial charge in [0.25, 0.3) is 0 Å². The Bertz CT molecular complexity index is 726. The lowest BCUT2D eigenvalue weighted by molar-refractivity contribution is -0.108. The van der Waals surface area contributed by atoms with E-state index in [4.69, 9.17) is 0 Å². The molecule has 0 unspecified atom stereocenters. The fraction of sp³-hybridized carbons (Fsp3) is 0.636. The topological polar surface area (TPSA) is 0 Å². The van der Waals surface area contributed by atoms with E-state index >= 15 is 0 Å². The predicted molar refractivity (Wildman–Crippen MR) is 97.4 cm³/mol. The summed E-state index contributed by atoms with van der Waals surface area (Å²) in [7, 11) is 0. The summed E-state index contributed by atoms with van der Waals surface area (Å²) >= 11 is 0. The standard InChI is InChI=1S/C22H25F7/c1-12-2-4-13(5-3-12)14-6-8-15(9-7-14)16-10-17(23)19(18(24)11-16)20(25)21(26)22(27,28)29/h10-15H,2-9H2,1H3/b21-20+. The number of alkyl halides is 3. The van der Waals surface area contributed by atoms with Gasteiger partial charge >= 0.3 is 6.18 Å². The lowest BCUT2D eigenvalue weighted by Crippen LogP contribution is -2.24. The van der Waals surface area contributed by atoms with Crippen LogP contribution in [-0.2, 0) is 0 Å². The molecule has 0 saturated heterocycles. The van der Waals surface area contributed by atoms with Crippen LogP contribution < -0.4 is 0 Å². The fourth-order valence-corrected chi connectivity index (χ4v) is 4.95. The van der Waals surface area contributed by atoms with Crippen LogP contribution in [0.1, 0.15) is 75.3 Å². The maximum Gasteiger partial charge on any atom is 0.445 e. The smallest absolute Gasteiger partial charge is 0.206 e. The Labute approximate surface area is 166 Å². The highest BCUT2D eigenvalue weighted by Crippen LogP contribution is 2.44. The quantitative estimate of drug-likeness (QED) is 0.430. The summed E-state index contributed by atoms with van der Waals surface area (Å²) in [6.45, 7) is 2.26. The van der Waals surface area contributed by atoms with Crippen molar-refractivity contribution >= 4 is 5.83 Å². The van der Waals surface area contributed by atoms with Gasteiger partial charge in [-0.2, -0.15) is 17.6 Å². The number of halogens is 7. The van der Waals surface area contributed by atoms with Gasteiger partial charge in [0, 0.05) is 0 Å². The minimum atomic E-state index is -5.64. The Balaban J connectivity index is 1.72. The minimum Gasteiger partial charge on any atom is -0.206 e. The summed E-state index contributed by atoms with van der Waals surface area (Å²) in [6.07, 6.45) is 2.57. The maximum absolute atomic E-state index is 14.2. The van der Waals surface area contributed by atoms with Gasteiger partial charge in [0.15, 0.2) is 5.83 Å². The van der Waals surface area contributed by atoms with Crippen LogP contribution in [0.3, 0.4) is 0 Å². The molecule has 0 radical (unpaired) electrons. The molecule has 7 heteroatoms. The highest BCUT2D eigenvalue weighted by atomic mass is 19.4. The summed E-state index contributed by atoms with van der Waals surface area (Å²) in [5.74, 6) is -6.81. The second kappa shape index (κ2) is 8.68. The minimum absolute atomic E-state index is 0.133. The van der Waals surface area contributed by atoms with Crippen LogP contribution >= 0.6 is 0 Å². The molecule has 29 heavy (non-hydrogen) atoms. The van der Waals surface area contributed by atoms with Gasteiger partial charge in [0.1, 0.15) is 11.6 Å². The molecule has 0 nitrogen and oxygen atoms in total. The molecule has 0 aliphatic heterocycles. The molecule has 2 fully saturated rings. The lowest BCUT2D eigenvalue weighted by Gasteiger charge is -2.37. The van der Waals surface area contributed by atoms with Gasteiger partial charge in [0.05, 0.1) is 5.56 Å². The molecule has 1 aromatic rings. The van der Waals surface area contributed by atoms with Crippen LogP contribution in [0.25, 0.3) is 5.83 Å². The van der Waals surface area contributed by atoms with Crippen molar-refractivity contribution in [2.45, 2.75) is 70.4 Å². The van der Waals surface area contributed by atoms with Crippen molar-refractivity contribution in [3.63, 3.8) is 0 Å². The molecule has 0 atom stereocenters. The summed E-state index contributed by atoms with van der Waals surface area (Å²) in [5, 5.41) is 0.